The Hall–Kier alpha value is -1.74. The summed E-state index contributed by atoms with van der Waals surface area (Å²) in [6, 6.07) is 7.84. The smallest absolute Gasteiger partial charge is 0.255 e. The van der Waals surface area contributed by atoms with Gasteiger partial charge < -0.3 is 0 Å². The minimum absolute atomic E-state index is 0.116. The lowest BCUT2D eigenvalue weighted by atomic mass is 10.1. The summed E-state index contributed by atoms with van der Waals surface area (Å²) in [5, 5.41) is -0.796. The Morgan fingerprint density at radius 3 is 2.62 bits per heavy atom. The van der Waals surface area contributed by atoms with Gasteiger partial charge in [0, 0.05) is 18.0 Å². The van der Waals surface area contributed by atoms with E-state index in [2.05, 4.69) is 4.98 Å². The van der Waals surface area contributed by atoms with Crippen molar-refractivity contribution in [3.63, 3.8) is 0 Å². The fourth-order valence-corrected chi connectivity index (χ4v) is 1.54. The van der Waals surface area contributed by atoms with Crippen molar-refractivity contribution in [1.82, 2.24) is 4.98 Å². The van der Waals surface area contributed by atoms with E-state index in [0.717, 1.165) is 5.56 Å². The molecule has 80 valence electrons. The highest BCUT2D eigenvalue weighted by molar-refractivity contribution is 6.67. The van der Waals surface area contributed by atoms with Gasteiger partial charge >= 0.3 is 0 Å². The molecule has 2 rings (SSSR count). The van der Waals surface area contributed by atoms with Crippen LogP contribution in [-0.4, -0.2) is 10.2 Å². The summed E-state index contributed by atoms with van der Waals surface area (Å²) in [5.41, 5.74) is 1.33. The number of hydrogen-bond acceptors (Lipinski definition) is 2. The predicted octanol–water partition coefficient (Wildman–Crippen LogP) is 3.27. The van der Waals surface area contributed by atoms with Crippen LogP contribution in [0.25, 0.3) is 11.1 Å². The zero-order chi connectivity index (χ0) is 11.5. The van der Waals surface area contributed by atoms with Crippen molar-refractivity contribution in [2.45, 2.75) is 0 Å². The lowest BCUT2D eigenvalue weighted by Gasteiger charge is -2.02. The van der Waals surface area contributed by atoms with Gasteiger partial charge in [0.15, 0.2) is 0 Å². The van der Waals surface area contributed by atoms with Crippen LogP contribution in [-0.2, 0) is 0 Å². The van der Waals surface area contributed by atoms with Crippen LogP contribution in [0, 0.1) is 5.82 Å². The molecule has 16 heavy (non-hydrogen) atoms. The molecular weight excluding hydrogens is 229 g/mol. The van der Waals surface area contributed by atoms with Gasteiger partial charge in [-0.1, -0.05) is 12.1 Å². The maximum Gasteiger partial charge on any atom is 0.255 e. The SMILES string of the molecule is O=C(Cl)c1ccc(-c2cccnc2)cc1F. The normalized spacial score (nSPS) is 10.1. The van der Waals surface area contributed by atoms with Gasteiger partial charge in [0.05, 0.1) is 5.56 Å². The molecule has 0 N–H and O–H groups in total. The van der Waals surface area contributed by atoms with Crippen molar-refractivity contribution in [3.8, 4) is 11.1 Å². The number of halogens is 2. The largest absolute Gasteiger partial charge is 0.275 e. The summed E-state index contributed by atoms with van der Waals surface area (Å²) < 4.78 is 13.5. The molecule has 1 aromatic heterocycles. The second-order valence-electron chi connectivity index (χ2n) is 3.21. The predicted molar refractivity (Wildman–Crippen MR) is 59.8 cm³/mol. The summed E-state index contributed by atoms with van der Waals surface area (Å²) in [7, 11) is 0. The third kappa shape index (κ3) is 2.09. The average molecular weight is 236 g/mol. The maximum absolute atomic E-state index is 13.5. The van der Waals surface area contributed by atoms with E-state index >= 15 is 0 Å². The Bertz CT molecular complexity index is 528. The first-order chi connectivity index (χ1) is 7.68. The molecule has 0 atom stereocenters. The molecule has 0 aliphatic rings. The molecule has 2 aromatic rings. The molecule has 0 unspecified atom stereocenters. The second kappa shape index (κ2) is 4.41. The van der Waals surface area contributed by atoms with Crippen LogP contribution in [0.5, 0.6) is 0 Å². The van der Waals surface area contributed by atoms with Crippen LogP contribution in [0.2, 0.25) is 0 Å². The third-order valence-electron chi connectivity index (χ3n) is 2.18. The van der Waals surface area contributed by atoms with Gasteiger partial charge in [-0.2, -0.15) is 0 Å². The molecule has 0 saturated heterocycles. The van der Waals surface area contributed by atoms with Crippen molar-refractivity contribution in [2.75, 3.05) is 0 Å². The van der Waals surface area contributed by atoms with E-state index in [1.165, 1.54) is 12.1 Å². The molecule has 2 nitrogen and oxygen atoms in total. The molecule has 0 fully saturated rings. The number of carbonyl (C=O) groups excluding carboxylic acids is 1. The van der Waals surface area contributed by atoms with E-state index in [0.29, 0.717) is 5.56 Å². The summed E-state index contributed by atoms with van der Waals surface area (Å²) in [4.78, 5) is 14.8. The van der Waals surface area contributed by atoms with Crippen molar-refractivity contribution >= 4 is 16.8 Å². The lowest BCUT2D eigenvalue weighted by Crippen LogP contribution is -1.94. The van der Waals surface area contributed by atoms with Gasteiger partial charge in [0.25, 0.3) is 5.24 Å². The molecule has 0 spiro atoms. The molecule has 0 aliphatic heterocycles. The molecule has 0 saturated carbocycles. The average Bonchev–Trinajstić information content (AvgIpc) is 2.29. The van der Waals surface area contributed by atoms with Crippen LogP contribution in [0.3, 0.4) is 0 Å². The summed E-state index contributed by atoms with van der Waals surface area (Å²) in [6.45, 7) is 0. The third-order valence-corrected chi connectivity index (χ3v) is 2.38. The van der Waals surface area contributed by atoms with E-state index in [9.17, 15) is 9.18 Å². The number of benzene rings is 1. The monoisotopic (exact) mass is 235 g/mol. The van der Waals surface area contributed by atoms with E-state index in [1.54, 1.807) is 24.5 Å². The summed E-state index contributed by atoms with van der Waals surface area (Å²) in [6.07, 6.45) is 3.26. The van der Waals surface area contributed by atoms with E-state index in [4.69, 9.17) is 11.6 Å². The number of pyridine rings is 1. The number of aromatic nitrogens is 1. The highest BCUT2D eigenvalue weighted by Crippen LogP contribution is 2.21. The van der Waals surface area contributed by atoms with Crippen LogP contribution in [0.15, 0.2) is 42.7 Å². The van der Waals surface area contributed by atoms with Gasteiger partial charge in [0.1, 0.15) is 5.82 Å². The van der Waals surface area contributed by atoms with Crippen molar-refractivity contribution < 1.29 is 9.18 Å². The van der Waals surface area contributed by atoms with Gasteiger partial charge in [-0.3, -0.25) is 9.78 Å². The van der Waals surface area contributed by atoms with E-state index in [-0.39, 0.29) is 5.56 Å². The minimum atomic E-state index is -0.796. The molecule has 1 heterocycles. The molecule has 0 bridgehead atoms. The molecule has 0 aliphatic carbocycles. The first kappa shape index (κ1) is 10.8. The Balaban J connectivity index is 2.46. The van der Waals surface area contributed by atoms with Gasteiger partial charge in [-0.25, -0.2) is 4.39 Å². The minimum Gasteiger partial charge on any atom is -0.275 e. The van der Waals surface area contributed by atoms with Crippen molar-refractivity contribution in [1.29, 1.82) is 0 Å². The summed E-state index contributed by atoms with van der Waals surface area (Å²) in [5.74, 6) is -0.624. The molecule has 0 radical (unpaired) electrons. The van der Waals surface area contributed by atoms with Gasteiger partial charge in [-0.15, -0.1) is 0 Å². The van der Waals surface area contributed by atoms with Gasteiger partial charge in [0.2, 0.25) is 0 Å². The molecular formula is C12H7ClFNO. The molecule has 1 aromatic carbocycles. The van der Waals surface area contributed by atoms with Crippen LogP contribution in [0.1, 0.15) is 10.4 Å². The fourth-order valence-electron chi connectivity index (χ4n) is 1.39. The van der Waals surface area contributed by atoms with Gasteiger partial charge in [-0.05, 0) is 35.4 Å². The van der Waals surface area contributed by atoms with Crippen molar-refractivity contribution in [3.05, 3.63) is 54.1 Å². The number of hydrogen-bond donors (Lipinski definition) is 0. The maximum atomic E-state index is 13.5. The zero-order valence-corrected chi connectivity index (χ0v) is 8.91. The van der Waals surface area contributed by atoms with Crippen LogP contribution in [0.4, 0.5) is 4.39 Å². The van der Waals surface area contributed by atoms with E-state index < -0.39 is 11.1 Å². The van der Waals surface area contributed by atoms with E-state index in [1.807, 2.05) is 6.07 Å². The Morgan fingerprint density at radius 2 is 2.06 bits per heavy atom. The standard InChI is InChI=1S/C12H7ClFNO/c13-12(16)10-4-3-8(6-11(10)14)9-2-1-5-15-7-9/h1-7H. The second-order valence-corrected chi connectivity index (χ2v) is 3.55. The molecule has 0 amide bonds. The fraction of sp³-hybridized carbons (Fsp3) is 0. The van der Waals surface area contributed by atoms with Crippen molar-refractivity contribution in [2.24, 2.45) is 0 Å². The first-order valence-corrected chi connectivity index (χ1v) is 4.96. The zero-order valence-electron chi connectivity index (χ0n) is 8.15. The van der Waals surface area contributed by atoms with Crippen LogP contribution < -0.4 is 0 Å². The number of carbonyl (C=O) groups is 1. The molecule has 4 heteroatoms. The lowest BCUT2D eigenvalue weighted by molar-refractivity contribution is 0.107. The van der Waals surface area contributed by atoms with Crippen LogP contribution >= 0.6 is 11.6 Å². The highest BCUT2D eigenvalue weighted by Gasteiger charge is 2.10. The quantitative estimate of drug-likeness (QED) is 0.748. The Labute approximate surface area is 96.7 Å². The Morgan fingerprint density at radius 1 is 1.25 bits per heavy atom. The number of rotatable bonds is 2. The highest BCUT2D eigenvalue weighted by atomic mass is 35.5. The topological polar surface area (TPSA) is 30.0 Å². The Kier molecular flexibility index (Phi) is 2.97. The number of nitrogens with zero attached hydrogens (tertiary/aromatic N) is 1. The first-order valence-electron chi connectivity index (χ1n) is 4.58. The summed E-state index contributed by atoms with van der Waals surface area (Å²) >= 11 is 5.22.